The monoisotopic (exact) mass is 132 g/mol. The van der Waals surface area contributed by atoms with Crippen LogP contribution in [0.3, 0.4) is 0 Å². The van der Waals surface area contributed by atoms with Crippen LogP contribution < -0.4 is 5.73 Å². The molecule has 0 aromatic carbocycles. The van der Waals surface area contributed by atoms with Crippen molar-refractivity contribution in [1.82, 2.24) is 5.06 Å². The molecule has 54 valence electrons. The minimum atomic E-state index is -0.788. The van der Waals surface area contributed by atoms with Crippen molar-refractivity contribution in [3.8, 4) is 0 Å². The second kappa shape index (κ2) is 4.14. The third kappa shape index (κ3) is 3.78. The van der Waals surface area contributed by atoms with E-state index >= 15 is 0 Å². The summed E-state index contributed by atoms with van der Waals surface area (Å²) in [6.07, 6.45) is 1.71. The molecule has 0 rings (SSSR count). The first kappa shape index (κ1) is 8.23. The molecule has 9 heavy (non-hydrogen) atoms. The molecule has 0 fully saturated rings. The Labute approximate surface area is 54.2 Å². The molecule has 0 atom stereocenters. The zero-order valence-electron chi connectivity index (χ0n) is 5.50. The van der Waals surface area contributed by atoms with E-state index < -0.39 is 6.03 Å². The summed E-state index contributed by atoms with van der Waals surface area (Å²) in [5, 5.41) is 9.13. The number of hydroxylamine groups is 2. The van der Waals surface area contributed by atoms with Gasteiger partial charge in [0.2, 0.25) is 0 Å². The standard InChI is InChI=1S/C5H12N2O2/c1-2-3-4-7(9)5(6)8/h9H,2-4H2,1H3,(H2,6,8). The number of hydrogen-bond donors (Lipinski definition) is 2. The fourth-order valence-corrected chi connectivity index (χ4v) is 0.418. The molecule has 0 aromatic rings. The van der Waals surface area contributed by atoms with Gasteiger partial charge < -0.3 is 5.73 Å². The molecule has 0 aromatic heterocycles. The highest BCUT2D eigenvalue weighted by molar-refractivity contribution is 5.70. The summed E-state index contributed by atoms with van der Waals surface area (Å²) in [4.78, 5) is 10.1. The van der Waals surface area contributed by atoms with Crippen LogP contribution in [0.15, 0.2) is 0 Å². The van der Waals surface area contributed by atoms with Crippen LogP contribution in [0.4, 0.5) is 4.79 Å². The van der Waals surface area contributed by atoms with Gasteiger partial charge in [-0.1, -0.05) is 13.3 Å². The second-order valence-electron chi connectivity index (χ2n) is 1.81. The molecule has 0 unspecified atom stereocenters. The Morgan fingerprint density at radius 3 is 2.67 bits per heavy atom. The fraction of sp³-hybridized carbons (Fsp3) is 0.800. The summed E-state index contributed by atoms with van der Waals surface area (Å²) in [7, 11) is 0. The normalized spacial score (nSPS) is 9.11. The van der Waals surface area contributed by atoms with E-state index in [1.807, 2.05) is 6.92 Å². The van der Waals surface area contributed by atoms with Gasteiger partial charge in [-0.15, -0.1) is 0 Å². The topological polar surface area (TPSA) is 66.6 Å². The zero-order valence-corrected chi connectivity index (χ0v) is 5.50. The van der Waals surface area contributed by atoms with Gasteiger partial charge in [0.25, 0.3) is 0 Å². The Hall–Kier alpha value is -0.770. The minimum absolute atomic E-state index is 0.325. The van der Waals surface area contributed by atoms with Gasteiger partial charge in [0.1, 0.15) is 0 Å². The highest BCUT2D eigenvalue weighted by atomic mass is 16.5. The first-order chi connectivity index (χ1) is 4.18. The maximum atomic E-state index is 10.1. The summed E-state index contributed by atoms with van der Waals surface area (Å²) < 4.78 is 0. The molecule has 2 amide bonds. The minimum Gasteiger partial charge on any atom is -0.350 e. The SMILES string of the molecule is CCCCN(O)C(N)=O. The Morgan fingerprint density at radius 2 is 2.33 bits per heavy atom. The molecule has 0 spiro atoms. The van der Waals surface area contributed by atoms with Gasteiger partial charge in [-0.2, -0.15) is 0 Å². The molecule has 0 heterocycles. The van der Waals surface area contributed by atoms with E-state index in [1.54, 1.807) is 0 Å². The number of rotatable bonds is 3. The van der Waals surface area contributed by atoms with E-state index in [4.69, 9.17) is 10.9 Å². The van der Waals surface area contributed by atoms with Gasteiger partial charge in [0.05, 0.1) is 6.54 Å². The molecule has 0 aliphatic carbocycles. The van der Waals surface area contributed by atoms with Crippen LogP contribution in [-0.4, -0.2) is 22.8 Å². The second-order valence-corrected chi connectivity index (χ2v) is 1.81. The third-order valence-electron chi connectivity index (χ3n) is 0.978. The van der Waals surface area contributed by atoms with E-state index in [0.717, 1.165) is 12.8 Å². The van der Waals surface area contributed by atoms with Crippen molar-refractivity contribution < 1.29 is 10.0 Å². The van der Waals surface area contributed by atoms with Crippen molar-refractivity contribution in [3.05, 3.63) is 0 Å². The number of nitrogens with two attached hydrogens (primary N) is 1. The van der Waals surface area contributed by atoms with Crippen LogP contribution in [-0.2, 0) is 0 Å². The maximum Gasteiger partial charge on any atom is 0.338 e. The van der Waals surface area contributed by atoms with Crippen molar-refractivity contribution in [2.75, 3.05) is 6.54 Å². The van der Waals surface area contributed by atoms with E-state index in [1.165, 1.54) is 0 Å². The molecule has 3 N–H and O–H groups in total. The molecule has 0 aliphatic rings. The number of carbonyl (C=O) groups excluding carboxylic acids is 1. The number of nitrogens with zero attached hydrogens (tertiary/aromatic N) is 1. The molecule has 0 radical (unpaired) electrons. The number of unbranched alkanes of at least 4 members (excludes halogenated alkanes) is 1. The first-order valence-electron chi connectivity index (χ1n) is 2.94. The number of carbonyl (C=O) groups is 1. The summed E-state index contributed by atoms with van der Waals surface area (Å²) in [6.45, 7) is 2.29. The molecule has 0 saturated carbocycles. The summed E-state index contributed by atoms with van der Waals surface area (Å²) in [5.74, 6) is 0. The van der Waals surface area contributed by atoms with Crippen molar-refractivity contribution in [3.63, 3.8) is 0 Å². The summed E-state index contributed by atoms with van der Waals surface area (Å²) in [6, 6.07) is -0.788. The van der Waals surface area contributed by atoms with Gasteiger partial charge in [0, 0.05) is 0 Å². The molecule has 4 nitrogen and oxygen atoms in total. The summed E-state index contributed by atoms with van der Waals surface area (Å²) >= 11 is 0. The lowest BCUT2D eigenvalue weighted by atomic mass is 10.3. The van der Waals surface area contributed by atoms with Gasteiger partial charge in [-0.25, -0.2) is 9.86 Å². The van der Waals surface area contributed by atoms with Crippen LogP contribution in [0, 0.1) is 0 Å². The number of primary amides is 1. The predicted molar refractivity (Wildman–Crippen MR) is 33.0 cm³/mol. The molecular formula is C5H12N2O2. The van der Waals surface area contributed by atoms with E-state index in [-0.39, 0.29) is 0 Å². The number of hydrogen-bond acceptors (Lipinski definition) is 2. The van der Waals surface area contributed by atoms with E-state index in [2.05, 4.69) is 0 Å². The van der Waals surface area contributed by atoms with Crippen molar-refractivity contribution in [1.29, 1.82) is 0 Å². The van der Waals surface area contributed by atoms with E-state index in [9.17, 15) is 4.79 Å². The highest BCUT2D eigenvalue weighted by Crippen LogP contribution is 1.89. The quantitative estimate of drug-likeness (QED) is 0.435. The highest BCUT2D eigenvalue weighted by Gasteiger charge is 2.01. The Bertz CT molecular complexity index is 95.0. The fourth-order valence-electron chi connectivity index (χ4n) is 0.418. The third-order valence-corrected chi connectivity index (χ3v) is 0.978. The smallest absolute Gasteiger partial charge is 0.338 e. The molecule has 0 saturated heterocycles. The van der Waals surface area contributed by atoms with Gasteiger partial charge in [-0.3, -0.25) is 5.21 Å². The van der Waals surface area contributed by atoms with Crippen LogP contribution in [0.2, 0.25) is 0 Å². The molecule has 4 heteroatoms. The summed E-state index contributed by atoms with van der Waals surface area (Å²) in [5.41, 5.74) is 4.71. The molecule has 0 aliphatic heterocycles. The first-order valence-corrected chi connectivity index (χ1v) is 2.94. The van der Waals surface area contributed by atoms with Gasteiger partial charge >= 0.3 is 6.03 Å². The van der Waals surface area contributed by atoms with Crippen LogP contribution in [0.25, 0.3) is 0 Å². The average molecular weight is 132 g/mol. The lowest BCUT2D eigenvalue weighted by molar-refractivity contribution is -0.0400. The van der Waals surface area contributed by atoms with Crippen molar-refractivity contribution in [2.24, 2.45) is 5.73 Å². The number of urea groups is 1. The Kier molecular flexibility index (Phi) is 3.79. The van der Waals surface area contributed by atoms with Crippen molar-refractivity contribution in [2.45, 2.75) is 19.8 Å². The predicted octanol–water partition coefficient (Wildman–Crippen LogP) is 0.556. The Balaban J connectivity index is 3.27. The molecule has 0 bridgehead atoms. The van der Waals surface area contributed by atoms with Crippen molar-refractivity contribution >= 4 is 6.03 Å². The lowest BCUT2D eigenvalue weighted by Crippen LogP contribution is -2.33. The van der Waals surface area contributed by atoms with E-state index in [0.29, 0.717) is 11.6 Å². The molecular weight excluding hydrogens is 120 g/mol. The number of amides is 2. The van der Waals surface area contributed by atoms with Crippen LogP contribution >= 0.6 is 0 Å². The average Bonchev–Trinajstić information content (AvgIpc) is 1.82. The van der Waals surface area contributed by atoms with Gasteiger partial charge in [0.15, 0.2) is 0 Å². The maximum absolute atomic E-state index is 10.1. The lowest BCUT2D eigenvalue weighted by Gasteiger charge is -2.09. The van der Waals surface area contributed by atoms with Crippen LogP contribution in [0.1, 0.15) is 19.8 Å². The van der Waals surface area contributed by atoms with Crippen LogP contribution in [0.5, 0.6) is 0 Å². The Morgan fingerprint density at radius 1 is 1.78 bits per heavy atom. The van der Waals surface area contributed by atoms with Gasteiger partial charge in [-0.05, 0) is 6.42 Å². The zero-order chi connectivity index (χ0) is 7.28. The largest absolute Gasteiger partial charge is 0.350 e.